The quantitative estimate of drug-likeness (QED) is 0.462. The summed E-state index contributed by atoms with van der Waals surface area (Å²) in [7, 11) is 0. The van der Waals surface area contributed by atoms with Gasteiger partial charge in [-0.05, 0) is 42.3 Å². The van der Waals surface area contributed by atoms with Gasteiger partial charge in [0, 0.05) is 0 Å². The molecule has 0 radical (unpaired) electrons. The molecule has 0 aromatic heterocycles. The van der Waals surface area contributed by atoms with E-state index in [2.05, 4.69) is 63.9 Å². The molecule has 0 spiro atoms. The molecule has 88 valence electrons. The van der Waals surface area contributed by atoms with Gasteiger partial charge in [-0.1, -0.05) is 71.3 Å². The highest BCUT2D eigenvalue weighted by Crippen LogP contribution is 2.10. The van der Waals surface area contributed by atoms with E-state index in [1.54, 1.807) is 0 Å². The monoisotopic (exact) mass is 328 g/mol. The predicted octanol–water partition coefficient (Wildman–Crippen LogP) is 5.44. The summed E-state index contributed by atoms with van der Waals surface area (Å²) in [6, 6.07) is 8.93. The lowest BCUT2D eigenvalue weighted by molar-refractivity contribution is 0.646. The Labute approximate surface area is 113 Å². The molecule has 16 heavy (non-hydrogen) atoms. The third-order valence-corrected chi connectivity index (χ3v) is 3.30. The van der Waals surface area contributed by atoms with E-state index in [4.69, 9.17) is 0 Å². The largest absolute Gasteiger partial charge is 0.0785 e. The van der Waals surface area contributed by atoms with Crippen molar-refractivity contribution in [2.45, 2.75) is 45.4 Å². The number of halogens is 1. The zero-order chi connectivity index (χ0) is 11.6. The zero-order valence-corrected chi connectivity index (χ0v) is 12.2. The Bertz CT molecular complexity index is 298. The first kappa shape index (κ1) is 13.8. The Balaban J connectivity index is 2.05. The first-order valence-electron chi connectivity index (χ1n) is 6.13. The molecule has 0 nitrogen and oxygen atoms in total. The highest BCUT2D eigenvalue weighted by atomic mass is 127. The number of hydrogen-bond donors (Lipinski definition) is 0. The molecule has 0 saturated carbocycles. The van der Waals surface area contributed by atoms with Crippen molar-refractivity contribution >= 4 is 22.6 Å². The van der Waals surface area contributed by atoms with Crippen molar-refractivity contribution in [2.24, 2.45) is 0 Å². The van der Waals surface area contributed by atoms with Gasteiger partial charge >= 0.3 is 0 Å². The zero-order valence-electron chi connectivity index (χ0n) is 10.1. The van der Waals surface area contributed by atoms with Crippen LogP contribution in [0.2, 0.25) is 0 Å². The molecule has 0 saturated heterocycles. The summed E-state index contributed by atoms with van der Waals surface area (Å²) in [4.78, 5) is 0. The topological polar surface area (TPSA) is 0 Å². The molecule has 0 heterocycles. The number of aryl methyl sites for hydroxylation is 2. The van der Waals surface area contributed by atoms with Crippen LogP contribution in [0.4, 0.5) is 0 Å². The molecule has 0 aliphatic rings. The van der Waals surface area contributed by atoms with Crippen LogP contribution in [0.15, 0.2) is 34.4 Å². The van der Waals surface area contributed by atoms with Crippen LogP contribution in [0.1, 0.15) is 43.2 Å². The van der Waals surface area contributed by atoms with Gasteiger partial charge in [0.2, 0.25) is 0 Å². The van der Waals surface area contributed by atoms with E-state index in [1.807, 2.05) is 0 Å². The van der Waals surface area contributed by atoms with Gasteiger partial charge in [-0.3, -0.25) is 0 Å². The normalized spacial score (nSPS) is 11.1. The minimum atomic E-state index is 1.24. The third kappa shape index (κ3) is 6.31. The van der Waals surface area contributed by atoms with Crippen molar-refractivity contribution in [3.05, 3.63) is 45.6 Å². The first-order chi connectivity index (χ1) is 7.83. The molecule has 0 aliphatic carbocycles. The minimum Gasteiger partial charge on any atom is -0.0785 e. The van der Waals surface area contributed by atoms with Crippen LogP contribution in [0, 0.1) is 6.92 Å². The maximum absolute atomic E-state index is 2.29. The molecule has 0 N–H and O–H groups in total. The molecular weight excluding hydrogens is 307 g/mol. The summed E-state index contributed by atoms with van der Waals surface area (Å²) in [6.07, 6.45) is 10.1. The molecule has 1 heteroatoms. The molecule has 0 bridgehead atoms. The molecule has 1 aromatic carbocycles. The maximum Gasteiger partial charge on any atom is -0.0274 e. The van der Waals surface area contributed by atoms with Gasteiger partial charge in [-0.25, -0.2) is 0 Å². The van der Waals surface area contributed by atoms with Crippen LogP contribution in [0.5, 0.6) is 0 Å². The van der Waals surface area contributed by atoms with Gasteiger partial charge in [0.25, 0.3) is 0 Å². The van der Waals surface area contributed by atoms with Crippen LogP contribution < -0.4 is 0 Å². The second kappa shape index (κ2) is 8.80. The van der Waals surface area contributed by atoms with Gasteiger partial charge in [-0.2, -0.15) is 0 Å². The van der Waals surface area contributed by atoms with E-state index in [-0.39, 0.29) is 0 Å². The van der Waals surface area contributed by atoms with Crippen molar-refractivity contribution in [1.29, 1.82) is 0 Å². The van der Waals surface area contributed by atoms with E-state index in [0.29, 0.717) is 0 Å². The summed E-state index contributed by atoms with van der Waals surface area (Å²) in [5.41, 5.74) is 2.84. The van der Waals surface area contributed by atoms with Crippen molar-refractivity contribution in [2.75, 3.05) is 0 Å². The van der Waals surface area contributed by atoms with E-state index in [9.17, 15) is 0 Å². The third-order valence-electron chi connectivity index (χ3n) is 2.80. The summed E-state index contributed by atoms with van der Waals surface area (Å²) < 4.78 is 2.12. The second-order valence-electron chi connectivity index (χ2n) is 4.30. The van der Waals surface area contributed by atoms with Gasteiger partial charge < -0.3 is 0 Å². The Morgan fingerprint density at radius 3 is 2.38 bits per heavy atom. The highest BCUT2D eigenvalue weighted by Gasteiger charge is 1.93. The standard InChI is InChI=1S/C15H21I/c1-14-9-11-15(12-10-14)8-6-4-2-3-5-7-13-16/h7,9-13H,2-6,8H2,1H3. The number of benzene rings is 1. The summed E-state index contributed by atoms with van der Waals surface area (Å²) in [5.74, 6) is 0. The SMILES string of the molecule is Cc1ccc(CCCCCCC=CI)cc1. The number of allylic oxidation sites excluding steroid dienone is 1. The Morgan fingerprint density at radius 1 is 1.00 bits per heavy atom. The lowest BCUT2D eigenvalue weighted by Gasteiger charge is -2.02. The van der Waals surface area contributed by atoms with Crippen LogP contribution in [-0.2, 0) is 6.42 Å². The molecule has 0 unspecified atom stereocenters. The minimum absolute atomic E-state index is 1.24. The smallest absolute Gasteiger partial charge is 0.0274 e. The summed E-state index contributed by atoms with van der Waals surface area (Å²) in [6.45, 7) is 2.14. The molecular formula is C15H21I. The molecule has 1 rings (SSSR count). The van der Waals surface area contributed by atoms with Gasteiger partial charge in [0.1, 0.15) is 0 Å². The van der Waals surface area contributed by atoms with Gasteiger partial charge in [0.05, 0.1) is 0 Å². The fraction of sp³-hybridized carbons (Fsp3) is 0.467. The highest BCUT2D eigenvalue weighted by molar-refractivity contribution is 14.1. The number of hydrogen-bond acceptors (Lipinski definition) is 0. The van der Waals surface area contributed by atoms with E-state index < -0.39 is 0 Å². The van der Waals surface area contributed by atoms with Crippen LogP contribution in [0.3, 0.4) is 0 Å². The van der Waals surface area contributed by atoms with Crippen molar-refractivity contribution in [1.82, 2.24) is 0 Å². The fourth-order valence-corrected chi connectivity index (χ4v) is 2.12. The molecule has 0 amide bonds. The predicted molar refractivity (Wildman–Crippen MR) is 81.1 cm³/mol. The van der Waals surface area contributed by atoms with E-state index >= 15 is 0 Å². The van der Waals surface area contributed by atoms with Crippen LogP contribution >= 0.6 is 22.6 Å². The van der Waals surface area contributed by atoms with Gasteiger partial charge in [-0.15, -0.1) is 0 Å². The van der Waals surface area contributed by atoms with E-state index in [1.165, 1.54) is 49.7 Å². The number of unbranched alkanes of at least 4 members (excludes halogenated alkanes) is 4. The van der Waals surface area contributed by atoms with Crippen molar-refractivity contribution in [3.8, 4) is 0 Å². The molecule has 0 fully saturated rings. The average molecular weight is 328 g/mol. The molecule has 0 atom stereocenters. The first-order valence-corrected chi connectivity index (χ1v) is 7.38. The summed E-state index contributed by atoms with van der Waals surface area (Å²) >= 11 is 2.29. The lowest BCUT2D eigenvalue weighted by Crippen LogP contribution is -1.86. The van der Waals surface area contributed by atoms with Crippen LogP contribution in [-0.4, -0.2) is 0 Å². The fourth-order valence-electron chi connectivity index (χ4n) is 1.76. The Hall–Kier alpha value is -0.310. The average Bonchev–Trinajstić information content (AvgIpc) is 2.30. The van der Waals surface area contributed by atoms with E-state index in [0.717, 1.165) is 0 Å². The number of rotatable bonds is 7. The van der Waals surface area contributed by atoms with Crippen LogP contribution in [0.25, 0.3) is 0 Å². The molecule has 0 aliphatic heterocycles. The maximum atomic E-state index is 2.29. The Morgan fingerprint density at radius 2 is 1.69 bits per heavy atom. The molecule has 1 aromatic rings. The second-order valence-corrected chi connectivity index (χ2v) is 5.02. The Kier molecular flexibility index (Phi) is 7.56. The van der Waals surface area contributed by atoms with Gasteiger partial charge in [0.15, 0.2) is 0 Å². The summed E-state index contributed by atoms with van der Waals surface area (Å²) in [5, 5.41) is 0. The lowest BCUT2D eigenvalue weighted by atomic mass is 10.0. The van der Waals surface area contributed by atoms with Crippen molar-refractivity contribution in [3.63, 3.8) is 0 Å². The van der Waals surface area contributed by atoms with Crippen molar-refractivity contribution < 1.29 is 0 Å².